The number of urea groups is 1. The molecular weight excluding hydrogens is 248 g/mol. The van der Waals surface area contributed by atoms with Gasteiger partial charge < -0.3 is 10.1 Å². The van der Waals surface area contributed by atoms with Crippen LogP contribution in [0.4, 0.5) is 4.79 Å². The Kier molecular flexibility index (Phi) is 2.78. The molecule has 3 amide bonds. The minimum Gasteiger partial charge on any atom is -0.378 e. The summed E-state index contributed by atoms with van der Waals surface area (Å²) in [6.45, 7) is 3.10. The van der Waals surface area contributed by atoms with Crippen LogP contribution in [0.2, 0.25) is 0 Å². The second-order valence-corrected chi connectivity index (χ2v) is 5.07. The molecule has 0 bridgehead atoms. The molecule has 1 aromatic rings. The van der Waals surface area contributed by atoms with E-state index in [2.05, 4.69) is 10.4 Å². The van der Waals surface area contributed by atoms with Crippen LogP contribution in [0.3, 0.4) is 0 Å². The molecule has 7 nitrogen and oxygen atoms in total. The number of imide groups is 1. The van der Waals surface area contributed by atoms with Crippen LogP contribution < -0.4 is 5.32 Å². The van der Waals surface area contributed by atoms with Crippen LogP contribution in [0.15, 0.2) is 18.5 Å². The molecule has 7 heteroatoms. The van der Waals surface area contributed by atoms with Crippen molar-refractivity contribution >= 4 is 11.9 Å². The van der Waals surface area contributed by atoms with E-state index < -0.39 is 5.54 Å². The average Bonchev–Trinajstić information content (AvgIpc) is 3.04. The molecule has 19 heavy (non-hydrogen) atoms. The second-order valence-electron chi connectivity index (χ2n) is 5.07. The highest BCUT2D eigenvalue weighted by atomic mass is 16.5. The number of carbonyl (C=O) groups excluding carboxylic acids is 2. The maximum atomic E-state index is 12.4. The first-order chi connectivity index (χ1) is 9.12. The van der Waals surface area contributed by atoms with E-state index in [0.29, 0.717) is 19.6 Å². The number of amides is 3. The summed E-state index contributed by atoms with van der Waals surface area (Å²) in [7, 11) is 0. The number of ether oxygens (including phenoxy) is 1. The van der Waals surface area contributed by atoms with E-state index in [1.807, 2.05) is 19.2 Å². The summed E-state index contributed by atoms with van der Waals surface area (Å²) in [6, 6.07) is 1.23. The molecule has 2 atom stereocenters. The molecule has 0 radical (unpaired) electrons. The van der Waals surface area contributed by atoms with Crippen LogP contribution in [0.1, 0.15) is 13.3 Å². The maximum absolute atomic E-state index is 12.4. The lowest BCUT2D eigenvalue weighted by molar-refractivity contribution is -0.132. The number of carbonyl (C=O) groups is 2. The monoisotopic (exact) mass is 264 g/mol. The Morgan fingerprint density at radius 3 is 3.05 bits per heavy atom. The summed E-state index contributed by atoms with van der Waals surface area (Å²) < 4.78 is 6.96. The Balaban J connectivity index is 1.77. The third-order valence-corrected chi connectivity index (χ3v) is 3.67. The lowest BCUT2D eigenvalue weighted by Crippen LogP contribution is -2.48. The number of hydrogen-bond acceptors (Lipinski definition) is 4. The molecular formula is C12H16N4O3. The van der Waals surface area contributed by atoms with Gasteiger partial charge in [0.05, 0.1) is 19.2 Å². The van der Waals surface area contributed by atoms with Gasteiger partial charge in [-0.3, -0.25) is 14.4 Å². The molecule has 1 N–H and O–H groups in total. The summed E-state index contributed by atoms with van der Waals surface area (Å²) in [6.07, 6.45) is 4.02. The quantitative estimate of drug-likeness (QED) is 0.779. The third-order valence-electron chi connectivity index (χ3n) is 3.67. The highest BCUT2D eigenvalue weighted by Gasteiger charge is 2.54. The summed E-state index contributed by atoms with van der Waals surface area (Å²) in [5.41, 5.74) is -0.838. The molecule has 2 aliphatic heterocycles. The zero-order chi connectivity index (χ0) is 13.5. The molecule has 0 aromatic carbocycles. The zero-order valence-corrected chi connectivity index (χ0v) is 10.7. The molecule has 2 unspecified atom stereocenters. The molecule has 1 aromatic heterocycles. The standard InChI is InChI=1S/C12H16N4O3/c1-9(7-15-5-2-4-13-15)16-10(17)12(14-11(16)18)3-6-19-8-12/h2,4-5,9H,3,6-8H2,1H3,(H,14,18). The average molecular weight is 264 g/mol. The van der Waals surface area contributed by atoms with Crippen molar-refractivity contribution in [2.45, 2.75) is 31.5 Å². The maximum Gasteiger partial charge on any atom is 0.325 e. The topological polar surface area (TPSA) is 76.5 Å². The summed E-state index contributed by atoms with van der Waals surface area (Å²) in [4.78, 5) is 25.8. The number of hydrogen-bond donors (Lipinski definition) is 1. The first-order valence-corrected chi connectivity index (χ1v) is 6.33. The minimum atomic E-state index is -0.838. The van der Waals surface area contributed by atoms with E-state index in [9.17, 15) is 9.59 Å². The largest absolute Gasteiger partial charge is 0.378 e. The number of aromatic nitrogens is 2. The normalized spacial score (nSPS) is 28.2. The Hall–Kier alpha value is -1.89. The van der Waals surface area contributed by atoms with Gasteiger partial charge in [0.15, 0.2) is 0 Å². The zero-order valence-electron chi connectivity index (χ0n) is 10.7. The van der Waals surface area contributed by atoms with Gasteiger partial charge in [0.2, 0.25) is 0 Å². The van der Waals surface area contributed by atoms with Crippen LogP contribution in [-0.2, 0) is 16.1 Å². The van der Waals surface area contributed by atoms with Crippen LogP contribution in [-0.4, -0.2) is 51.4 Å². The van der Waals surface area contributed by atoms with Crippen LogP contribution >= 0.6 is 0 Å². The van der Waals surface area contributed by atoms with Gasteiger partial charge in [0.1, 0.15) is 5.54 Å². The van der Waals surface area contributed by atoms with Crippen molar-refractivity contribution < 1.29 is 14.3 Å². The van der Waals surface area contributed by atoms with Gasteiger partial charge in [0.25, 0.3) is 5.91 Å². The Labute approximate surface area is 110 Å². The fraction of sp³-hybridized carbons (Fsp3) is 0.583. The number of nitrogens with zero attached hydrogens (tertiary/aromatic N) is 3. The van der Waals surface area contributed by atoms with Crippen molar-refractivity contribution in [3.8, 4) is 0 Å². The molecule has 1 spiro atoms. The molecule has 2 saturated heterocycles. The van der Waals surface area contributed by atoms with Crippen LogP contribution in [0.25, 0.3) is 0 Å². The molecule has 2 fully saturated rings. The minimum absolute atomic E-state index is 0.186. The Morgan fingerprint density at radius 2 is 2.42 bits per heavy atom. The first-order valence-electron chi connectivity index (χ1n) is 6.33. The van der Waals surface area contributed by atoms with E-state index >= 15 is 0 Å². The van der Waals surface area contributed by atoms with Gasteiger partial charge in [-0.05, 0) is 13.0 Å². The fourth-order valence-electron chi connectivity index (χ4n) is 2.63. The first kappa shape index (κ1) is 12.2. The second kappa shape index (κ2) is 4.34. The van der Waals surface area contributed by atoms with Crippen molar-refractivity contribution in [1.82, 2.24) is 20.0 Å². The van der Waals surface area contributed by atoms with Crippen molar-refractivity contribution in [3.05, 3.63) is 18.5 Å². The van der Waals surface area contributed by atoms with Crippen molar-refractivity contribution in [3.63, 3.8) is 0 Å². The Morgan fingerprint density at radius 1 is 1.58 bits per heavy atom. The lowest BCUT2D eigenvalue weighted by Gasteiger charge is -2.23. The molecule has 3 heterocycles. The van der Waals surface area contributed by atoms with Gasteiger partial charge in [-0.2, -0.15) is 5.10 Å². The highest BCUT2D eigenvalue weighted by molar-refractivity contribution is 6.07. The summed E-state index contributed by atoms with van der Waals surface area (Å²) >= 11 is 0. The van der Waals surface area contributed by atoms with Crippen LogP contribution in [0, 0.1) is 0 Å². The predicted molar refractivity (Wildman–Crippen MR) is 65.2 cm³/mol. The van der Waals surface area contributed by atoms with E-state index in [1.165, 1.54) is 4.90 Å². The van der Waals surface area contributed by atoms with E-state index in [-0.39, 0.29) is 24.6 Å². The smallest absolute Gasteiger partial charge is 0.325 e. The molecule has 0 aliphatic carbocycles. The van der Waals surface area contributed by atoms with E-state index in [1.54, 1.807) is 10.9 Å². The van der Waals surface area contributed by atoms with E-state index in [4.69, 9.17) is 4.74 Å². The summed E-state index contributed by atoms with van der Waals surface area (Å²) in [5, 5.41) is 6.86. The highest BCUT2D eigenvalue weighted by Crippen LogP contribution is 2.28. The SMILES string of the molecule is CC(Cn1cccn1)N1C(=O)NC2(CCOC2)C1=O. The van der Waals surface area contributed by atoms with Gasteiger partial charge in [-0.1, -0.05) is 0 Å². The number of nitrogens with one attached hydrogen (secondary N) is 1. The molecule has 0 saturated carbocycles. The Bertz CT molecular complexity index is 493. The van der Waals surface area contributed by atoms with Crippen molar-refractivity contribution in [2.75, 3.05) is 13.2 Å². The van der Waals surface area contributed by atoms with Gasteiger partial charge in [-0.25, -0.2) is 4.79 Å². The lowest BCUT2D eigenvalue weighted by atomic mass is 9.99. The van der Waals surface area contributed by atoms with Gasteiger partial charge in [0, 0.05) is 25.4 Å². The summed E-state index contributed by atoms with van der Waals surface area (Å²) in [5.74, 6) is -0.186. The van der Waals surface area contributed by atoms with Gasteiger partial charge >= 0.3 is 6.03 Å². The molecule has 2 aliphatic rings. The molecule has 3 rings (SSSR count). The van der Waals surface area contributed by atoms with E-state index in [0.717, 1.165) is 0 Å². The third kappa shape index (κ3) is 1.90. The number of rotatable bonds is 3. The molecule has 102 valence electrons. The van der Waals surface area contributed by atoms with Crippen LogP contribution in [0.5, 0.6) is 0 Å². The fourth-order valence-corrected chi connectivity index (χ4v) is 2.63. The van der Waals surface area contributed by atoms with Crippen molar-refractivity contribution in [1.29, 1.82) is 0 Å². The predicted octanol–water partition coefficient (Wildman–Crippen LogP) is -0.0175. The van der Waals surface area contributed by atoms with Gasteiger partial charge in [-0.15, -0.1) is 0 Å². The van der Waals surface area contributed by atoms with Crippen molar-refractivity contribution in [2.24, 2.45) is 0 Å².